The number of nitrogens with one attached hydrogen (secondary N) is 1. The van der Waals surface area contributed by atoms with E-state index in [4.69, 9.17) is 4.74 Å². The Bertz CT molecular complexity index is 1080. The molecule has 182 valence electrons. The normalized spacial score (nSPS) is 23.2. The van der Waals surface area contributed by atoms with E-state index in [1.54, 1.807) is 23.1 Å². The lowest BCUT2D eigenvalue weighted by molar-refractivity contribution is -0.0158. The molecule has 1 saturated carbocycles. The molecule has 11 heteroatoms. The van der Waals surface area contributed by atoms with Crippen LogP contribution in [-0.2, 0) is 17.2 Å². The third kappa shape index (κ3) is 4.36. The van der Waals surface area contributed by atoms with Crippen LogP contribution in [0.3, 0.4) is 0 Å². The second-order valence-electron chi connectivity index (χ2n) is 9.12. The van der Waals surface area contributed by atoms with Gasteiger partial charge in [-0.25, -0.2) is 4.79 Å². The second-order valence-corrected chi connectivity index (χ2v) is 9.12. The van der Waals surface area contributed by atoms with Crippen molar-refractivity contribution < 1.29 is 27.6 Å². The van der Waals surface area contributed by atoms with Gasteiger partial charge in [0.2, 0.25) is 5.82 Å². The number of alkyl halides is 2. The van der Waals surface area contributed by atoms with E-state index in [-0.39, 0.29) is 29.8 Å². The van der Waals surface area contributed by atoms with Crippen LogP contribution in [0.2, 0.25) is 0 Å². The van der Waals surface area contributed by atoms with E-state index in [1.807, 2.05) is 4.90 Å². The fourth-order valence-electron chi connectivity index (χ4n) is 4.92. The second kappa shape index (κ2) is 8.94. The van der Waals surface area contributed by atoms with Gasteiger partial charge in [-0.3, -0.25) is 4.79 Å². The molecule has 9 nitrogen and oxygen atoms in total. The monoisotopic (exact) mass is 475 g/mol. The van der Waals surface area contributed by atoms with E-state index in [9.17, 15) is 18.4 Å². The Morgan fingerprint density at radius 2 is 1.97 bits per heavy atom. The lowest BCUT2D eigenvalue weighted by atomic mass is 9.89. The summed E-state index contributed by atoms with van der Waals surface area (Å²) in [5.74, 6) is -4.13. The minimum atomic E-state index is -3.24. The molecular formula is C23H27F2N5O4. The predicted molar refractivity (Wildman–Crippen MR) is 116 cm³/mol. The number of urea groups is 1. The molecule has 2 aliphatic heterocycles. The summed E-state index contributed by atoms with van der Waals surface area (Å²) in [4.78, 5) is 33.5. The number of fused-ring (bicyclic) bond motifs is 1. The smallest absolute Gasteiger partial charge is 0.322 e. The van der Waals surface area contributed by atoms with Crippen LogP contribution >= 0.6 is 0 Å². The summed E-state index contributed by atoms with van der Waals surface area (Å²) in [6.45, 7) is 3.30. The number of morpholine rings is 1. The molecule has 1 aliphatic carbocycles. The first-order chi connectivity index (χ1) is 16.3. The van der Waals surface area contributed by atoms with Gasteiger partial charge in [0.1, 0.15) is 0 Å². The zero-order valence-electron chi connectivity index (χ0n) is 18.9. The molecular weight excluding hydrogens is 448 g/mol. The molecule has 5 rings (SSSR count). The van der Waals surface area contributed by atoms with E-state index in [0.29, 0.717) is 50.9 Å². The fourth-order valence-corrected chi connectivity index (χ4v) is 4.92. The highest BCUT2D eigenvalue weighted by Crippen LogP contribution is 2.34. The van der Waals surface area contributed by atoms with Crippen LogP contribution < -0.4 is 5.32 Å². The number of carbonyl (C=O) groups excluding carboxylic acids is 2. The van der Waals surface area contributed by atoms with Gasteiger partial charge in [-0.1, -0.05) is 30.1 Å². The zero-order valence-corrected chi connectivity index (χ0v) is 18.9. The predicted octanol–water partition coefficient (Wildman–Crippen LogP) is 3.16. The number of carbonyl (C=O) groups is 2. The number of halogens is 2. The summed E-state index contributed by atoms with van der Waals surface area (Å²) in [6, 6.07) is 4.77. The highest BCUT2D eigenvalue weighted by molar-refractivity contribution is 5.99. The van der Waals surface area contributed by atoms with Gasteiger partial charge in [0, 0.05) is 37.7 Å². The Labute approximate surface area is 195 Å². The van der Waals surface area contributed by atoms with E-state index >= 15 is 0 Å². The molecule has 2 fully saturated rings. The lowest BCUT2D eigenvalue weighted by Gasteiger charge is -2.39. The zero-order chi connectivity index (χ0) is 23.9. The fraction of sp³-hybridized carbons (Fsp3) is 0.565. The molecule has 1 aromatic heterocycles. The molecule has 0 radical (unpaired) electrons. The van der Waals surface area contributed by atoms with Gasteiger partial charge < -0.3 is 24.4 Å². The third-order valence-corrected chi connectivity index (χ3v) is 6.74. The molecule has 3 aliphatic rings. The van der Waals surface area contributed by atoms with Crippen molar-refractivity contribution in [1.82, 2.24) is 25.3 Å². The maximum absolute atomic E-state index is 13.5. The summed E-state index contributed by atoms with van der Waals surface area (Å²) in [7, 11) is 0. The largest absolute Gasteiger partial charge is 0.378 e. The maximum Gasteiger partial charge on any atom is 0.322 e. The number of rotatable bonds is 4. The Hall–Kier alpha value is -3.08. The SMILES string of the molecule is CC(F)(F)c1nc(-c2ccc3c(c2)C(=O)N([C@@H]2CCCCC2NC(=O)N2CCOCC2)C3)no1. The van der Waals surface area contributed by atoms with Crippen molar-refractivity contribution >= 4 is 11.9 Å². The Morgan fingerprint density at radius 3 is 2.71 bits per heavy atom. The highest BCUT2D eigenvalue weighted by Gasteiger charge is 2.39. The van der Waals surface area contributed by atoms with Crippen molar-refractivity contribution in [2.24, 2.45) is 0 Å². The first kappa shape index (κ1) is 22.7. The molecule has 1 unspecified atom stereocenters. The summed E-state index contributed by atoms with van der Waals surface area (Å²) in [5, 5.41) is 6.80. The summed E-state index contributed by atoms with van der Waals surface area (Å²) in [5.41, 5.74) is 1.78. The third-order valence-electron chi connectivity index (χ3n) is 6.74. The average molecular weight is 475 g/mol. The van der Waals surface area contributed by atoms with Crippen LogP contribution in [0.5, 0.6) is 0 Å². The molecule has 2 atom stereocenters. The van der Waals surface area contributed by atoms with Crippen LogP contribution in [-0.4, -0.2) is 70.3 Å². The Kier molecular flexibility index (Phi) is 5.97. The molecule has 1 aromatic carbocycles. The van der Waals surface area contributed by atoms with E-state index in [2.05, 4.69) is 20.0 Å². The van der Waals surface area contributed by atoms with Crippen LogP contribution in [0.4, 0.5) is 13.6 Å². The average Bonchev–Trinajstić information content (AvgIpc) is 3.45. The van der Waals surface area contributed by atoms with Crippen molar-refractivity contribution in [3.63, 3.8) is 0 Å². The maximum atomic E-state index is 13.5. The van der Waals surface area contributed by atoms with Gasteiger partial charge in [-0.15, -0.1) is 0 Å². The minimum absolute atomic E-state index is 0.0129. The molecule has 1 saturated heterocycles. The molecule has 3 heterocycles. The van der Waals surface area contributed by atoms with Gasteiger partial charge in [0.25, 0.3) is 11.8 Å². The quantitative estimate of drug-likeness (QED) is 0.729. The van der Waals surface area contributed by atoms with Crippen molar-refractivity contribution in [3.05, 3.63) is 35.2 Å². The molecule has 1 N–H and O–H groups in total. The number of aromatic nitrogens is 2. The molecule has 3 amide bonds. The molecule has 0 spiro atoms. The van der Waals surface area contributed by atoms with Gasteiger partial charge in [-0.2, -0.15) is 13.8 Å². The molecule has 34 heavy (non-hydrogen) atoms. The first-order valence-electron chi connectivity index (χ1n) is 11.6. The lowest BCUT2D eigenvalue weighted by Crippen LogP contribution is -2.57. The number of nitrogens with zero attached hydrogens (tertiary/aromatic N) is 4. The van der Waals surface area contributed by atoms with Crippen LogP contribution in [0.1, 0.15) is 54.4 Å². The van der Waals surface area contributed by atoms with Crippen LogP contribution in [0.15, 0.2) is 22.7 Å². The van der Waals surface area contributed by atoms with Crippen molar-refractivity contribution in [2.75, 3.05) is 26.3 Å². The summed E-state index contributed by atoms with van der Waals surface area (Å²) >= 11 is 0. The van der Waals surface area contributed by atoms with E-state index < -0.39 is 11.8 Å². The van der Waals surface area contributed by atoms with Crippen LogP contribution in [0, 0.1) is 0 Å². The van der Waals surface area contributed by atoms with E-state index in [1.165, 1.54) is 0 Å². The molecule has 2 aromatic rings. The van der Waals surface area contributed by atoms with Crippen molar-refractivity contribution in [2.45, 2.75) is 57.2 Å². The number of benzene rings is 1. The van der Waals surface area contributed by atoms with Crippen molar-refractivity contribution in [3.8, 4) is 11.4 Å². The standard InChI is InChI=1S/C23H27F2N5O4/c1-23(24,25)21-27-19(28-34-21)14-6-7-15-13-30(20(31)16(15)12-14)18-5-3-2-4-17(18)26-22(32)29-8-10-33-11-9-29/h6-7,12,17-18H,2-5,8-11,13H2,1H3,(H,26,32)/t17?,18-/m1/s1. The number of hydrogen-bond donors (Lipinski definition) is 1. The molecule has 0 bridgehead atoms. The van der Waals surface area contributed by atoms with Gasteiger partial charge >= 0.3 is 12.0 Å². The topological polar surface area (TPSA) is 101 Å². The highest BCUT2D eigenvalue weighted by atomic mass is 19.3. The Balaban J connectivity index is 1.33. The van der Waals surface area contributed by atoms with Crippen LogP contribution in [0.25, 0.3) is 11.4 Å². The van der Waals surface area contributed by atoms with Gasteiger partial charge in [0.15, 0.2) is 0 Å². The first-order valence-corrected chi connectivity index (χ1v) is 11.6. The minimum Gasteiger partial charge on any atom is -0.378 e. The Morgan fingerprint density at radius 1 is 1.21 bits per heavy atom. The van der Waals surface area contributed by atoms with Gasteiger partial charge in [0.05, 0.1) is 25.3 Å². The number of ether oxygens (including phenoxy) is 1. The number of hydrogen-bond acceptors (Lipinski definition) is 6. The van der Waals surface area contributed by atoms with E-state index in [0.717, 1.165) is 31.2 Å². The number of amides is 3. The summed E-state index contributed by atoms with van der Waals surface area (Å²) in [6.07, 6.45) is 3.59. The summed E-state index contributed by atoms with van der Waals surface area (Å²) < 4.78 is 37.0. The van der Waals surface area contributed by atoms with Crippen molar-refractivity contribution in [1.29, 1.82) is 0 Å². The van der Waals surface area contributed by atoms with Gasteiger partial charge in [-0.05, 0) is 24.5 Å².